The number of nitrogens with one attached hydrogen (secondary N) is 1. The van der Waals surface area contributed by atoms with Gasteiger partial charge in [0.05, 0.1) is 5.56 Å². The van der Waals surface area contributed by atoms with Crippen molar-refractivity contribution in [2.45, 2.75) is 44.7 Å². The van der Waals surface area contributed by atoms with Gasteiger partial charge in [-0.2, -0.15) is 0 Å². The van der Waals surface area contributed by atoms with Gasteiger partial charge in [-0.25, -0.2) is 12.7 Å². The molecule has 1 N–H and O–H groups in total. The molecule has 0 saturated carbocycles. The fourth-order valence-electron chi connectivity index (χ4n) is 3.66. The number of benzene rings is 2. The highest BCUT2D eigenvalue weighted by Gasteiger charge is 2.41. The van der Waals surface area contributed by atoms with Crippen molar-refractivity contribution in [3.8, 4) is 0 Å². The highest BCUT2D eigenvalue weighted by Crippen LogP contribution is 2.30. The van der Waals surface area contributed by atoms with Crippen molar-refractivity contribution < 1.29 is 22.8 Å². The summed E-state index contributed by atoms with van der Waals surface area (Å²) >= 11 is 6.08. The van der Waals surface area contributed by atoms with Gasteiger partial charge in [0, 0.05) is 31.1 Å². The van der Waals surface area contributed by atoms with Crippen LogP contribution in [0.5, 0.6) is 0 Å². The minimum atomic E-state index is -4.02. The zero-order chi connectivity index (χ0) is 25.0. The molecule has 1 heterocycles. The highest BCUT2D eigenvalue weighted by atomic mass is 35.5. The maximum atomic E-state index is 13.2. The zero-order valence-corrected chi connectivity index (χ0v) is 20.9. The molecule has 0 aliphatic carbocycles. The molecule has 2 aromatic carbocycles. The standard InChI is InChI=1S/C24H28ClN3O5S/c1-16(2)14-26-23(30)17(3)27(15-18-7-6-8-19(25)13-18)22(29)11-12-28-24(31)20-9-4-5-10-21(20)34(28,32)33/h4-10,13,16-17H,11-12,14-15H2,1-3H3,(H,26,30). The molecule has 1 aliphatic heterocycles. The van der Waals surface area contributed by atoms with Crippen molar-refractivity contribution in [3.05, 3.63) is 64.7 Å². The van der Waals surface area contributed by atoms with Gasteiger partial charge in [-0.05, 0) is 42.7 Å². The lowest BCUT2D eigenvalue weighted by Gasteiger charge is -2.29. The molecule has 0 fully saturated rings. The van der Waals surface area contributed by atoms with Crippen LogP contribution in [0, 0.1) is 5.92 Å². The summed E-state index contributed by atoms with van der Waals surface area (Å²) in [6, 6.07) is 12.1. The van der Waals surface area contributed by atoms with Crippen LogP contribution in [0.3, 0.4) is 0 Å². The molecule has 8 nitrogen and oxygen atoms in total. The summed E-state index contributed by atoms with van der Waals surface area (Å²) in [4.78, 5) is 39.9. The number of halogens is 1. The van der Waals surface area contributed by atoms with Gasteiger partial charge in [0.1, 0.15) is 10.9 Å². The fraction of sp³-hybridized carbons (Fsp3) is 0.375. The van der Waals surface area contributed by atoms with Crippen molar-refractivity contribution in [2.75, 3.05) is 13.1 Å². The van der Waals surface area contributed by atoms with Crippen molar-refractivity contribution in [1.29, 1.82) is 0 Å². The minimum Gasteiger partial charge on any atom is -0.354 e. The molecule has 0 radical (unpaired) electrons. The van der Waals surface area contributed by atoms with Gasteiger partial charge < -0.3 is 10.2 Å². The Morgan fingerprint density at radius 1 is 1.09 bits per heavy atom. The van der Waals surface area contributed by atoms with Crippen molar-refractivity contribution in [3.63, 3.8) is 0 Å². The molecule has 1 unspecified atom stereocenters. The maximum absolute atomic E-state index is 13.2. The first kappa shape index (κ1) is 25.7. The zero-order valence-electron chi connectivity index (χ0n) is 19.3. The van der Waals surface area contributed by atoms with Crippen LogP contribution in [0.4, 0.5) is 0 Å². The molecule has 0 bridgehead atoms. The number of hydrogen-bond donors (Lipinski definition) is 1. The lowest BCUT2D eigenvalue weighted by atomic mass is 10.1. The Balaban J connectivity index is 1.78. The first-order valence-electron chi connectivity index (χ1n) is 11.0. The Labute approximate surface area is 204 Å². The average Bonchev–Trinajstić information content (AvgIpc) is 2.99. The Morgan fingerprint density at radius 2 is 1.79 bits per heavy atom. The molecule has 3 amide bonds. The van der Waals surface area contributed by atoms with E-state index in [-0.39, 0.29) is 41.8 Å². The van der Waals surface area contributed by atoms with E-state index in [1.165, 1.54) is 17.0 Å². The van der Waals surface area contributed by atoms with Crippen molar-refractivity contribution >= 4 is 39.3 Å². The van der Waals surface area contributed by atoms with Crippen LogP contribution < -0.4 is 5.32 Å². The van der Waals surface area contributed by atoms with Crippen LogP contribution in [0.25, 0.3) is 0 Å². The first-order chi connectivity index (χ1) is 16.0. The third kappa shape index (κ3) is 5.59. The number of amides is 3. The number of rotatable bonds is 9. The molecule has 182 valence electrons. The molecule has 34 heavy (non-hydrogen) atoms. The molecule has 0 aromatic heterocycles. The average molecular weight is 506 g/mol. The molecular formula is C24H28ClN3O5S. The maximum Gasteiger partial charge on any atom is 0.269 e. The van der Waals surface area contributed by atoms with Gasteiger partial charge >= 0.3 is 0 Å². The van der Waals surface area contributed by atoms with E-state index in [0.717, 1.165) is 9.87 Å². The molecule has 2 aromatic rings. The largest absolute Gasteiger partial charge is 0.354 e. The molecule has 1 atom stereocenters. The van der Waals surface area contributed by atoms with Crippen LogP contribution in [-0.2, 0) is 26.2 Å². The fourth-order valence-corrected chi connectivity index (χ4v) is 5.44. The lowest BCUT2D eigenvalue weighted by molar-refractivity contribution is -0.140. The van der Waals surface area contributed by atoms with Gasteiger partial charge in [-0.1, -0.05) is 49.7 Å². The molecule has 0 spiro atoms. The van der Waals surface area contributed by atoms with Crippen LogP contribution in [0.1, 0.15) is 43.1 Å². The molecule has 0 saturated heterocycles. The Bertz CT molecular complexity index is 1200. The van der Waals surface area contributed by atoms with Gasteiger partial charge in [-0.15, -0.1) is 0 Å². The topological polar surface area (TPSA) is 104 Å². The Morgan fingerprint density at radius 3 is 2.44 bits per heavy atom. The molecule has 1 aliphatic rings. The van der Waals surface area contributed by atoms with Crippen molar-refractivity contribution in [1.82, 2.24) is 14.5 Å². The number of sulfonamides is 1. The molecule has 3 rings (SSSR count). The Kier molecular flexibility index (Phi) is 7.99. The summed E-state index contributed by atoms with van der Waals surface area (Å²) < 4.78 is 26.3. The number of fused-ring (bicyclic) bond motifs is 1. The van der Waals surface area contributed by atoms with Gasteiger partial charge in [0.2, 0.25) is 11.8 Å². The quantitative estimate of drug-likeness (QED) is 0.564. The van der Waals surface area contributed by atoms with Crippen LogP contribution in [0.2, 0.25) is 5.02 Å². The van der Waals surface area contributed by atoms with E-state index < -0.39 is 27.9 Å². The summed E-state index contributed by atoms with van der Waals surface area (Å²) in [6.45, 7) is 5.79. The number of carbonyl (C=O) groups excluding carboxylic acids is 3. The number of carbonyl (C=O) groups is 3. The van der Waals surface area contributed by atoms with E-state index in [1.807, 2.05) is 13.8 Å². The minimum absolute atomic E-state index is 0.0651. The molecular weight excluding hydrogens is 478 g/mol. The van der Waals surface area contributed by atoms with E-state index >= 15 is 0 Å². The summed E-state index contributed by atoms with van der Waals surface area (Å²) in [5.41, 5.74) is 0.814. The summed E-state index contributed by atoms with van der Waals surface area (Å²) in [6.07, 6.45) is -0.263. The monoisotopic (exact) mass is 505 g/mol. The smallest absolute Gasteiger partial charge is 0.269 e. The van der Waals surface area contributed by atoms with Crippen molar-refractivity contribution in [2.24, 2.45) is 5.92 Å². The SMILES string of the molecule is CC(C)CNC(=O)C(C)N(Cc1cccc(Cl)c1)C(=O)CCN1C(=O)c2ccccc2S1(=O)=O. The second-order valence-corrected chi connectivity index (χ2v) is 10.9. The van der Waals surface area contributed by atoms with E-state index in [2.05, 4.69) is 5.32 Å². The lowest BCUT2D eigenvalue weighted by Crippen LogP contribution is -2.49. The summed E-state index contributed by atoms with van der Waals surface area (Å²) in [5, 5.41) is 3.32. The first-order valence-corrected chi connectivity index (χ1v) is 12.8. The number of nitrogens with zero attached hydrogens (tertiary/aromatic N) is 2. The van der Waals surface area contributed by atoms with Gasteiger partial charge in [0.25, 0.3) is 15.9 Å². The Hall–Kier alpha value is -2.91. The van der Waals surface area contributed by atoms with E-state index in [4.69, 9.17) is 11.6 Å². The second-order valence-electron chi connectivity index (χ2n) is 8.60. The normalized spacial score (nSPS) is 15.2. The van der Waals surface area contributed by atoms with E-state index in [0.29, 0.717) is 11.6 Å². The van der Waals surface area contributed by atoms with Crippen LogP contribution >= 0.6 is 11.6 Å². The van der Waals surface area contributed by atoms with E-state index in [9.17, 15) is 22.8 Å². The van der Waals surface area contributed by atoms with Gasteiger partial charge in [0.15, 0.2) is 0 Å². The highest BCUT2D eigenvalue weighted by molar-refractivity contribution is 7.90. The predicted molar refractivity (Wildman–Crippen MR) is 129 cm³/mol. The summed E-state index contributed by atoms with van der Waals surface area (Å²) in [7, 11) is -4.02. The van der Waals surface area contributed by atoms with E-state index in [1.54, 1.807) is 43.3 Å². The second kappa shape index (κ2) is 10.6. The summed E-state index contributed by atoms with van der Waals surface area (Å²) in [5.74, 6) is -1.19. The van der Waals surface area contributed by atoms with Crippen LogP contribution in [-0.4, -0.2) is 54.5 Å². The third-order valence-corrected chi connectivity index (χ3v) is 7.61. The third-order valence-electron chi connectivity index (χ3n) is 5.53. The predicted octanol–water partition coefficient (Wildman–Crippen LogP) is 3.06. The van der Waals surface area contributed by atoms with Crippen LogP contribution in [0.15, 0.2) is 53.4 Å². The number of hydrogen-bond acceptors (Lipinski definition) is 5. The van der Waals surface area contributed by atoms with Gasteiger partial charge in [-0.3, -0.25) is 14.4 Å². The molecule has 10 heteroatoms.